The first-order chi connectivity index (χ1) is 9.86. The van der Waals surface area contributed by atoms with Crippen molar-refractivity contribution < 1.29 is 4.74 Å². The van der Waals surface area contributed by atoms with Gasteiger partial charge in [0.1, 0.15) is 0 Å². The molecule has 0 spiro atoms. The summed E-state index contributed by atoms with van der Waals surface area (Å²) in [5.74, 6) is 0. The number of hydrogen-bond acceptors (Lipinski definition) is 3. The standard InChI is InChI=1S/C17H21NOS/c1-19-17-9-5-8-16(17)18-11-15-10-14(12-20-15)13-6-3-2-4-7-13/h2-4,6-7,10,12,16-18H,5,8-9,11H2,1H3. The van der Waals surface area contributed by atoms with Crippen molar-refractivity contribution in [3.63, 3.8) is 0 Å². The van der Waals surface area contributed by atoms with Crippen molar-refractivity contribution in [2.75, 3.05) is 7.11 Å². The van der Waals surface area contributed by atoms with E-state index in [4.69, 9.17) is 4.74 Å². The van der Waals surface area contributed by atoms with Gasteiger partial charge in [-0.3, -0.25) is 0 Å². The van der Waals surface area contributed by atoms with Crippen LogP contribution in [0.15, 0.2) is 41.8 Å². The summed E-state index contributed by atoms with van der Waals surface area (Å²) in [6, 6.07) is 13.4. The molecule has 0 bridgehead atoms. The van der Waals surface area contributed by atoms with Crippen LogP contribution in [0.2, 0.25) is 0 Å². The van der Waals surface area contributed by atoms with Gasteiger partial charge in [0, 0.05) is 24.6 Å². The van der Waals surface area contributed by atoms with E-state index in [-0.39, 0.29) is 0 Å². The molecule has 0 aliphatic heterocycles. The van der Waals surface area contributed by atoms with Crippen molar-refractivity contribution >= 4 is 11.3 Å². The molecule has 1 aromatic heterocycles. The molecular formula is C17H21NOS. The second kappa shape index (κ2) is 6.53. The Morgan fingerprint density at radius 2 is 2.05 bits per heavy atom. The second-order valence-corrected chi connectivity index (χ2v) is 6.36. The Balaban J connectivity index is 1.60. The van der Waals surface area contributed by atoms with Gasteiger partial charge < -0.3 is 10.1 Å². The van der Waals surface area contributed by atoms with Gasteiger partial charge in [-0.15, -0.1) is 11.3 Å². The predicted octanol–water partition coefficient (Wildman–Crippen LogP) is 4.07. The molecule has 20 heavy (non-hydrogen) atoms. The number of benzene rings is 1. The summed E-state index contributed by atoms with van der Waals surface area (Å²) in [5.41, 5.74) is 2.62. The van der Waals surface area contributed by atoms with Gasteiger partial charge in [0.05, 0.1) is 6.10 Å². The lowest BCUT2D eigenvalue weighted by atomic mass is 10.1. The van der Waals surface area contributed by atoms with Gasteiger partial charge >= 0.3 is 0 Å². The first-order valence-corrected chi connectivity index (χ1v) is 8.14. The topological polar surface area (TPSA) is 21.3 Å². The molecule has 0 amide bonds. The molecule has 2 atom stereocenters. The van der Waals surface area contributed by atoms with Gasteiger partial charge in [-0.2, -0.15) is 0 Å². The molecule has 0 saturated heterocycles. The summed E-state index contributed by atoms with van der Waals surface area (Å²) in [6.07, 6.45) is 4.09. The number of hydrogen-bond donors (Lipinski definition) is 1. The number of nitrogens with one attached hydrogen (secondary N) is 1. The lowest BCUT2D eigenvalue weighted by molar-refractivity contribution is 0.0848. The highest BCUT2D eigenvalue weighted by molar-refractivity contribution is 7.10. The van der Waals surface area contributed by atoms with E-state index in [1.807, 2.05) is 18.4 Å². The minimum atomic E-state index is 0.392. The number of methoxy groups -OCH3 is 1. The fourth-order valence-electron chi connectivity index (χ4n) is 2.93. The van der Waals surface area contributed by atoms with E-state index in [0.717, 1.165) is 6.54 Å². The van der Waals surface area contributed by atoms with E-state index in [2.05, 4.69) is 47.1 Å². The largest absolute Gasteiger partial charge is 0.380 e. The Bertz CT molecular complexity index is 537. The molecule has 1 aromatic carbocycles. The average molecular weight is 287 g/mol. The molecular weight excluding hydrogens is 266 g/mol. The number of rotatable bonds is 5. The molecule has 2 aromatic rings. The van der Waals surface area contributed by atoms with Crippen molar-refractivity contribution in [2.45, 2.75) is 38.0 Å². The smallest absolute Gasteiger partial charge is 0.0724 e. The summed E-state index contributed by atoms with van der Waals surface area (Å²) in [4.78, 5) is 1.39. The van der Waals surface area contributed by atoms with E-state index in [9.17, 15) is 0 Å². The fraction of sp³-hybridized carbons (Fsp3) is 0.412. The first kappa shape index (κ1) is 13.8. The fourth-order valence-corrected chi connectivity index (χ4v) is 3.77. The first-order valence-electron chi connectivity index (χ1n) is 7.26. The highest BCUT2D eigenvalue weighted by atomic mass is 32.1. The van der Waals surface area contributed by atoms with Crippen LogP contribution in [0.3, 0.4) is 0 Å². The third-order valence-corrected chi connectivity index (χ3v) is 4.99. The van der Waals surface area contributed by atoms with Crippen molar-refractivity contribution in [2.24, 2.45) is 0 Å². The van der Waals surface area contributed by atoms with E-state index in [1.54, 1.807) is 0 Å². The normalized spacial score (nSPS) is 22.2. The molecule has 1 saturated carbocycles. The van der Waals surface area contributed by atoms with Crippen LogP contribution in [-0.2, 0) is 11.3 Å². The number of ether oxygens (including phenoxy) is 1. The van der Waals surface area contributed by atoms with Crippen LogP contribution >= 0.6 is 11.3 Å². The van der Waals surface area contributed by atoms with Gasteiger partial charge in [-0.05, 0) is 41.8 Å². The Kier molecular flexibility index (Phi) is 4.51. The van der Waals surface area contributed by atoms with Gasteiger partial charge in [-0.25, -0.2) is 0 Å². The van der Waals surface area contributed by atoms with Crippen molar-refractivity contribution in [1.82, 2.24) is 5.32 Å². The molecule has 0 radical (unpaired) electrons. The molecule has 3 heteroatoms. The minimum Gasteiger partial charge on any atom is -0.380 e. The zero-order valence-electron chi connectivity index (χ0n) is 11.8. The zero-order chi connectivity index (χ0) is 13.8. The van der Waals surface area contributed by atoms with Crippen molar-refractivity contribution in [3.05, 3.63) is 46.7 Å². The summed E-state index contributed by atoms with van der Waals surface area (Å²) in [7, 11) is 1.82. The average Bonchev–Trinajstić information content (AvgIpc) is 3.15. The van der Waals surface area contributed by atoms with Crippen molar-refractivity contribution in [3.8, 4) is 11.1 Å². The highest BCUT2D eigenvalue weighted by Crippen LogP contribution is 2.26. The van der Waals surface area contributed by atoms with Crippen LogP contribution < -0.4 is 5.32 Å². The number of thiophene rings is 1. The summed E-state index contributed by atoms with van der Waals surface area (Å²) in [6.45, 7) is 0.946. The molecule has 1 aliphatic rings. The summed E-state index contributed by atoms with van der Waals surface area (Å²) in [5, 5.41) is 5.89. The van der Waals surface area contributed by atoms with Crippen LogP contribution in [0.4, 0.5) is 0 Å². The molecule has 1 N–H and O–H groups in total. The Labute approximate surface area is 124 Å². The Morgan fingerprint density at radius 3 is 2.85 bits per heavy atom. The third kappa shape index (κ3) is 3.11. The van der Waals surface area contributed by atoms with E-state index in [1.165, 1.54) is 35.3 Å². The SMILES string of the molecule is COC1CCCC1NCc1cc(-c2ccccc2)cs1. The molecule has 106 valence electrons. The van der Waals surface area contributed by atoms with Gasteiger partial charge in [0.15, 0.2) is 0 Å². The van der Waals surface area contributed by atoms with Gasteiger partial charge in [0.25, 0.3) is 0 Å². The molecule has 1 fully saturated rings. The lowest BCUT2D eigenvalue weighted by Crippen LogP contribution is -2.36. The van der Waals surface area contributed by atoms with Crippen LogP contribution in [0.1, 0.15) is 24.1 Å². The van der Waals surface area contributed by atoms with Crippen LogP contribution in [0.5, 0.6) is 0 Å². The van der Waals surface area contributed by atoms with E-state index < -0.39 is 0 Å². The third-order valence-electron chi connectivity index (χ3n) is 4.05. The van der Waals surface area contributed by atoms with E-state index >= 15 is 0 Å². The highest BCUT2D eigenvalue weighted by Gasteiger charge is 2.26. The maximum absolute atomic E-state index is 5.53. The van der Waals surface area contributed by atoms with Crippen LogP contribution in [0, 0.1) is 0 Å². The molecule has 3 rings (SSSR count). The molecule has 2 unspecified atom stereocenters. The second-order valence-electron chi connectivity index (χ2n) is 5.36. The maximum Gasteiger partial charge on any atom is 0.0724 e. The maximum atomic E-state index is 5.53. The molecule has 1 heterocycles. The monoisotopic (exact) mass is 287 g/mol. The Hall–Kier alpha value is -1.16. The van der Waals surface area contributed by atoms with Crippen LogP contribution in [0.25, 0.3) is 11.1 Å². The summed E-state index contributed by atoms with van der Waals surface area (Å²) < 4.78 is 5.53. The predicted molar refractivity (Wildman–Crippen MR) is 85.0 cm³/mol. The van der Waals surface area contributed by atoms with Crippen LogP contribution in [-0.4, -0.2) is 19.3 Å². The summed E-state index contributed by atoms with van der Waals surface area (Å²) >= 11 is 1.83. The van der Waals surface area contributed by atoms with Gasteiger partial charge in [-0.1, -0.05) is 30.3 Å². The van der Waals surface area contributed by atoms with E-state index in [0.29, 0.717) is 12.1 Å². The van der Waals surface area contributed by atoms with Gasteiger partial charge in [0.2, 0.25) is 0 Å². The quantitative estimate of drug-likeness (QED) is 0.895. The Morgan fingerprint density at radius 1 is 1.20 bits per heavy atom. The molecule has 1 aliphatic carbocycles. The lowest BCUT2D eigenvalue weighted by Gasteiger charge is -2.19. The van der Waals surface area contributed by atoms with Crippen molar-refractivity contribution in [1.29, 1.82) is 0 Å². The zero-order valence-corrected chi connectivity index (χ0v) is 12.7. The molecule has 2 nitrogen and oxygen atoms in total. The minimum absolute atomic E-state index is 0.392.